The van der Waals surface area contributed by atoms with Crippen LogP contribution in [0.15, 0.2) is 24.4 Å². The van der Waals surface area contributed by atoms with Crippen LogP contribution in [0, 0.1) is 0 Å². The SMILES string of the molecule is Cl.O=C(NCc1cc(Cl)ccc1-c1cnsn1)[C@@H]1C[C@@H](F)CN1. The highest BCUT2D eigenvalue weighted by Gasteiger charge is 2.29. The second kappa shape index (κ2) is 8.01. The third-order valence-corrected chi connectivity index (χ3v) is 4.26. The van der Waals surface area contributed by atoms with E-state index in [1.807, 2.05) is 6.07 Å². The molecule has 1 aliphatic heterocycles. The van der Waals surface area contributed by atoms with Gasteiger partial charge in [-0.2, -0.15) is 8.75 Å². The molecule has 2 N–H and O–H groups in total. The van der Waals surface area contributed by atoms with Crippen molar-refractivity contribution in [1.82, 2.24) is 19.4 Å². The summed E-state index contributed by atoms with van der Waals surface area (Å²) in [5, 5.41) is 6.26. The molecule has 9 heteroatoms. The molecule has 3 rings (SSSR count). The average Bonchev–Trinajstić information content (AvgIpc) is 3.16. The predicted molar refractivity (Wildman–Crippen MR) is 90.8 cm³/mol. The van der Waals surface area contributed by atoms with Crippen molar-refractivity contribution in [3.63, 3.8) is 0 Å². The van der Waals surface area contributed by atoms with E-state index in [4.69, 9.17) is 11.6 Å². The summed E-state index contributed by atoms with van der Waals surface area (Å²) >= 11 is 7.15. The topological polar surface area (TPSA) is 66.9 Å². The maximum absolute atomic E-state index is 13.1. The molecule has 5 nitrogen and oxygen atoms in total. The lowest BCUT2D eigenvalue weighted by Crippen LogP contribution is -2.40. The zero-order valence-corrected chi connectivity index (χ0v) is 14.3. The smallest absolute Gasteiger partial charge is 0.237 e. The monoisotopic (exact) mass is 376 g/mol. The number of carbonyl (C=O) groups is 1. The zero-order chi connectivity index (χ0) is 15.5. The first kappa shape index (κ1) is 18.1. The molecule has 0 unspecified atom stereocenters. The van der Waals surface area contributed by atoms with E-state index in [0.29, 0.717) is 11.6 Å². The Kier molecular flexibility index (Phi) is 6.29. The number of nitrogens with one attached hydrogen (secondary N) is 2. The molecule has 1 fully saturated rings. The number of hydrogen-bond donors (Lipinski definition) is 2. The van der Waals surface area contributed by atoms with Gasteiger partial charge in [-0.05, 0) is 17.7 Å². The van der Waals surface area contributed by atoms with Crippen LogP contribution in [0.4, 0.5) is 4.39 Å². The van der Waals surface area contributed by atoms with Gasteiger partial charge in [-0.3, -0.25) is 4.79 Å². The number of benzene rings is 1. The van der Waals surface area contributed by atoms with E-state index < -0.39 is 12.2 Å². The Labute approximate surface area is 148 Å². The van der Waals surface area contributed by atoms with Gasteiger partial charge >= 0.3 is 0 Å². The normalized spacial score (nSPS) is 20.1. The highest BCUT2D eigenvalue weighted by molar-refractivity contribution is 6.99. The van der Waals surface area contributed by atoms with Crippen LogP contribution < -0.4 is 10.6 Å². The van der Waals surface area contributed by atoms with Crippen LogP contribution in [0.1, 0.15) is 12.0 Å². The lowest BCUT2D eigenvalue weighted by atomic mass is 10.0. The van der Waals surface area contributed by atoms with Gasteiger partial charge in [-0.25, -0.2) is 4.39 Å². The van der Waals surface area contributed by atoms with Crippen molar-refractivity contribution in [1.29, 1.82) is 0 Å². The third kappa shape index (κ3) is 4.38. The molecule has 1 aromatic heterocycles. The predicted octanol–water partition coefficient (Wildman–Crippen LogP) is 2.60. The number of nitrogens with zero attached hydrogens (tertiary/aromatic N) is 2. The Hall–Kier alpha value is -1.28. The molecule has 2 aromatic rings. The summed E-state index contributed by atoms with van der Waals surface area (Å²) in [4.78, 5) is 12.0. The van der Waals surface area contributed by atoms with E-state index in [9.17, 15) is 9.18 Å². The molecule has 0 bridgehead atoms. The summed E-state index contributed by atoms with van der Waals surface area (Å²) in [5.74, 6) is -0.206. The number of alkyl halides is 1. The molecule has 0 aliphatic carbocycles. The largest absolute Gasteiger partial charge is 0.351 e. The minimum absolute atomic E-state index is 0. The quantitative estimate of drug-likeness (QED) is 0.860. The molecule has 0 spiro atoms. The van der Waals surface area contributed by atoms with Gasteiger partial charge in [-0.1, -0.05) is 17.7 Å². The van der Waals surface area contributed by atoms with Crippen molar-refractivity contribution in [2.24, 2.45) is 0 Å². The molecule has 0 radical (unpaired) electrons. The third-order valence-electron chi connectivity index (χ3n) is 3.55. The van der Waals surface area contributed by atoms with Gasteiger partial charge < -0.3 is 10.6 Å². The van der Waals surface area contributed by atoms with Crippen molar-refractivity contribution in [3.8, 4) is 11.3 Å². The Morgan fingerprint density at radius 1 is 1.52 bits per heavy atom. The molecular weight excluding hydrogens is 362 g/mol. The van der Waals surface area contributed by atoms with E-state index >= 15 is 0 Å². The fraction of sp³-hybridized carbons (Fsp3) is 0.357. The fourth-order valence-electron chi connectivity index (χ4n) is 2.44. The van der Waals surface area contributed by atoms with Gasteiger partial charge in [-0.15, -0.1) is 12.4 Å². The van der Waals surface area contributed by atoms with Gasteiger partial charge in [0.25, 0.3) is 0 Å². The minimum Gasteiger partial charge on any atom is -0.351 e. The van der Waals surface area contributed by atoms with Gasteiger partial charge in [0.15, 0.2) is 0 Å². The number of aromatic nitrogens is 2. The van der Waals surface area contributed by atoms with Gasteiger partial charge in [0.05, 0.1) is 24.0 Å². The van der Waals surface area contributed by atoms with E-state index in [0.717, 1.165) is 28.5 Å². The number of amides is 1. The van der Waals surface area contributed by atoms with Gasteiger partial charge in [0.2, 0.25) is 5.91 Å². The van der Waals surface area contributed by atoms with Crippen LogP contribution in [-0.2, 0) is 11.3 Å². The van der Waals surface area contributed by atoms with Crippen molar-refractivity contribution >= 4 is 41.6 Å². The molecular formula is C14H15Cl2FN4OS. The second-order valence-corrected chi connectivity index (χ2v) is 6.10. The van der Waals surface area contributed by atoms with E-state index in [-0.39, 0.29) is 31.3 Å². The van der Waals surface area contributed by atoms with Crippen molar-refractivity contribution in [3.05, 3.63) is 35.0 Å². The molecule has 1 amide bonds. The molecule has 23 heavy (non-hydrogen) atoms. The number of rotatable bonds is 4. The Morgan fingerprint density at radius 3 is 3.00 bits per heavy atom. The summed E-state index contributed by atoms with van der Waals surface area (Å²) in [6.45, 7) is 0.534. The van der Waals surface area contributed by atoms with Crippen LogP contribution in [0.3, 0.4) is 0 Å². The highest BCUT2D eigenvalue weighted by atomic mass is 35.5. The highest BCUT2D eigenvalue weighted by Crippen LogP contribution is 2.25. The Bertz CT molecular complexity index is 671. The summed E-state index contributed by atoms with van der Waals surface area (Å²) in [6, 6.07) is 4.94. The fourth-order valence-corrected chi connectivity index (χ4v) is 3.06. The molecule has 2 atom stereocenters. The average molecular weight is 377 g/mol. The standard InChI is InChI=1S/C14H14ClFN4OS.ClH/c15-9-1-2-11(13-7-19-22-20-13)8(3-9)5-18-14(21)12-4-10(16)6-17-12;/h1-3,7,10,12,17H,4-6H2,(H,18,21);1H/t10-,12+;/m1./s1. The molecule has 124 valence electrons. The number of hydrogen-bond acceptors (Lipinski definition) is 5. The zero-order valence-electron chi connectivity index (χ0n) is 12.0. The first-order valence-corrected chi connectivity index (χ1v) is 7.96. The summed E-state index contributed by atoms with van der Waals surface area (Å²) in [5.41, 5.74) is 2.47. The lowest BCUT2D eigenvalue weighted by Gasteiger charge is -2.13. The molecule has 1 saturated heterocycles. The maximum Gasteiger partial charge on any atom is 0.237 e. The molecule has 1 aliphatic rings. The second-order valence-electron chi connectivity index (χ2n) is 5.11. The van der Waals surface area contributed by atoms with Crippen LogP contribution >= 0.6 is 35.7 Å². The van der Waals surface area contributed by atoms with Crippen molar-refractivity contribution < 1.29 is 9.18 Å². The van der Waals surface area contributed by atoms with Crippen molar-refractivity contribution in [2.75, 3.05) is 6.54 Å². The number of carbonyl (C=O) groups excluding carboxylic acids is 1. The molecule has 0 saturated carbocycles. The van der Waals surface area contributed by atoms with Crippen LogP contribution in [-0.4, -0.2) is 33.4 Å². The Balaban J connectivity index is 0.00000192. The first-order chi connectivity index (χ1) is 10.6. The first-order valence-electron chi connectivity index (χ1n) is 6.85. The lowest BCUT2D eigenvalue weighted by molar-refractivity contribution is -0.123. The van der Waals surface area contributed by atoms with Gasteiger partial charge in [0, 0.05) is 30.1 Å². The summed E-state index contributed by atoms with van der Waals surface area (Å²) < 4.78 is 21.3. The minimum atomic E-state index is -0.960. The van der Waals surface area contributed by atoms with E-state index in [2.05, 4.69) is 19.4 Å². The summed E-state index contributed by atoms with van der Waals surface area (Å²) in [6.07, 6.45) is 0.925. The maximum atomic E-state index is 13.1. The Morgan fingerprint density at radius 2 is 2.35 bits per heavy atom. The molecule has 1 aromatic carbocycles. The van der Waals surface area contributed by atoms with Crippen molar-refractivity contribution in [2.45, 2.75) is 25.2 Å². The summed E-state index contributed by atoms with van der Waals surface area (Å²) in [7, 11) is 0. The van der Waals surface area contributed by atoms with Crippen LogP contribution in [0.25, 0.3) is 11.3 Å². The van der Waals surface area contributed by atoms with E-state index in [1.165, 1.54) is 0 Å². The van der Waals surface area contributed by atoms with Crippen LogP contribution in [0.2, 0.25) is 5.02 Å². The number of halogens is 3. The molecule has 2 heterocycles. The van der Waals surface area contributed by atoms with E-state index in [1.54, 1.807) is 18.3 Å². The van der Waals surface area contributed by atoms with Crippen LogP contribution in [0.5, 0.6) is 0 Å². The van der Waals surface area contributed by atoms with Gasteiger partial charge in [0.1, 0.15) is 11.9 Å².